The van der Waals surface area contributed by atoms with Crippen LogP contribution in [0.15, 0.2) is 0 Å². The number of nitrogens with zero attached hydrogens (tertiary/aromatic N) is 1. The fraction of sp³-hybridized carbons (Fsp3) is 1.00. The average Bonchev–Trinajstić information content (AvgIpc) is 2.28. The van der Waals surface area contributed by atoms with Crippen molar-refractivity contribution in [3.05, 3.63) is 0 Å². The smallest absolute Gasteiger partial charge is 0.280 e. The summed E-state index contributed by atoms with van der Waals surface area (Å²) < 4.78 is 97.7. The van der Waals surface area contributed by atoms with Gasteiger partial charge in [-0.05, 0) is 12.8 Å². The van der Waals surface area contributed by atoms with Crippen LogP contribution in [-0.4, -0.2) is 43.6 Å². The third kappa shape index (κ3) is 2.67. The fourth-order valence-electron chi connectivity index (χ4n) is 1.71. The summed E-state index contributed by atoms with van der Waals surface area (Å²) in [6.07, 6.45) is 1.23. The zero-order valence-corrected chi connectivity index (χ0v) is 10.9. The summed E-state index contributed by atoms with van der Waals surface area (Å²) in [7, 11) is -5.33. The molecule has 0 amide bonds. The third-order valence-corrected chi connectivity index (χ3v) is 4.97. The van der Waals surface area contributed by atoms with E-state index >= 15 is 0 Å². The predicted molar refractivity (Wildman–Crippen MR) is 58.8 cm³/mol. The molecule has 0 unspecified atom stereocenters. The van der Waals surface area contributed by atoms with Gasteiger partial charge in [-0.15, -0.1) is 0 Å². The van der Waals surface area contributed by atoms with Crippen LogP contribution in [0.1, 0.15) is 26.2 Å². The molecule has 0 radical (unpaired) electrons. The Kier molecular flexibility index (Phi) is 4.41. The molecule has 0 saturated carbocycles. The van der Waals surface area contributed by atoms with Gasteiger partial charge in [0.15, 0.2) is 0 Å². The maximum atomic E-state index is 13.5. The molecule has 0 aromatic heterocycles. The molecule has 1 heterocycles. The SMILES string of the molecule is CC(F)(F)C(F)(F)C(F)(F)S(O)(O)N1CCCCC1. The Morgan fingerprint density at radius 3 is 1.68 bits per heavy atom. The highest BCUT2D eigenvalue weighted by Gasteiger charge is 2.76. The van der Waals surface area contributed by atoms with Crippen LogP contribution < -0.4 is 0 Å². The Labute approximate surface area is 108 Å². The van der Waals surface area contributed by atoms with Crippen molar-refractivity contribution in [1.29, 1.82) is 0 Å². The molecule has 0 aromatic rings. The second-order valence-corrected chi connectivity index (χ2v) is 6.55. The van der Waals surface area contributed by atoms with Crippen molar-refractivity contribution in [2.45, 2.75) is 43.3 Å². The van der Waals surface area contributed by atoms with Crippen LogP contribution in [0.5, 0.6) is 0 Å². The Hall–Kier alpha value is -0.190. The normalized spacial score (nSPS) is 21.5. The molecular formula is C9H15F6NO2S. The zero-order chi connectivity index (χ0) is 15.1. The first kappa shape index (κ1) is 16.9. The van der Waals surface area contributed by atoms with Gasteiger partial charge in [0.1, 0.15) is 0 Å². The fourth-order valence-corrected chi connectivity index (χ4v) is 3.32. The number of rotatable bonds is 4. The van der Waals surface area contributed by atoms with Gasteiger partial charge in [-0.3, -0.25) is 9.11 Å². The molecule has 2 N–H and O–H groups in total. The summed E-state index contributed by atoms with van der Waals surface area (Å²) >= 11 is 0. The molecule has 0 bridgehead atoms. The highest BCUT2D eigenvalue weighted by Crippen LogP contribution is 2.66. The van der Waals surface area contributed by atoms with Crippen LogP contribution in [0.25, 0.3) is 0 Å². The van der Waals surface area contributed by atoms with Crippen LogP contribution >= 0.6 is 10.8 Å². The summed E-state index contributed by atoms with van der Waals surface area (Å²) in [4.78, 5) is 0. The molecule has 0 aromatic carbocycles. The molecule has 10 heteroatoms. The Morgan fingerprint density at radius 2 is 1.32 bits per heavy atom. The Bertz CT molecular complexity index is 327. The minimum absolute atomic E-state index is 0.247. The predicted octanol–water partition coefficient (Wildman–Crippen LogP) is 4.02. The van der Waals surface area contributed by atoms with Crippen LogP contribution in [-0.2, 0) is 0 Å². The average molecular weight is 315 g/mol. The summed E-state index contributed by atoms with van der Waals surface area (Å²) in [5.41, 5.74) is 0. The van der Waals surface area contributed by atoms with Gasteiger partial charge in [0.05, 0.1) is 0 Å². The summed E-state index contributed by atoms with van der Waals surface area (Å²) in [5, 5.41) is -5.63. The lowest BCUT2D eigenvalue weighted by Crippen LogP contribution is -2.58. The van der Waals surface area contributed by atoms with E-state index in [0.717, 1.165) is 0 Å². The topological polar surface area (TPSA) is 43.7 Å². The van der Waals surface area contributed by atoms with E-state index in [4.69, 9.17) is 0 Å². The standard InChI is InChI=1S/C9H15F6NO2S/c1-7(10,11)8(12,13)9(14,15)19(17,18)16-5-3-2-4-6-16/h17-18H,2-6H2,1H3. The highest BCUT2D eigenvalue weighted by atomic mass is 32.3. The van der Waals surface area contributed by atoms with Gasteiger partial charge in [0, 0.05) is 20.0 Å². The van der Waals surface area contributed by atoms with Crippen molar-refractivity contribution in [2.24, 2.45) is 0 Å². The number of hydrogen-bond acceptors (Lipinski definition) is 3. The molecule has 116 valence electrons. The number of halogens is 6. The van der Waals surface area contributed by atoms with Crippen molar-refractivity contribution in [2.75, 3.05) is 13.1 Å². The van der Waals surface area contributed by atoms with Crippen molar-refractivity contribution in [1.82, 2.24) is 4.31 Å². The van der Waals surface area contributed by atoms with Gasteiger partial charge < -0.3 is 0 Å². The second kappa shape index (κ2) is 4.97. The van der Waals surface area contributed by atoms with E-state index in [0.29, 0.717) is 23.6 Å². The van der Waals surface area contributed by atoms with Gasteiger partial charge in [0.2, 0.25) is 0 Å². The van der Waals surface area contributed by atoms with Crippen molar-refractivity contribution in [3.8, 4) is 0 Å². The molecule has 1 saturated heterocycles. The van der Waals surface area contributed by atoms with Gasteiger partial charge in [0.25, 0.3) is 0 Å². The summed E-state index contributed by atoms with van der Waals surface area (Å²) in [6.45, 7) is -0.876. The molecule has 1 rings (SSSR count). The van der Waals surface area contributed by atoms with Gasteiger partial charge in [-0.2, -0.15) is 26.3 Å². The first-order valence-corrected chi connectivity index (χ1v) is 7.02. The van der Waals surface area contributed by atoms with E-state index < -0.39 is 27.9 Å². The number of alkyl halides is 6. The molecule has 1 aliphatic heterocycles. The van der Waals surface area contributed by atoms with E-state index in [1.54, 1.807) is 0 Å². The van der Waals surface area contributed by atoms with Crippen LogP contribution in [0, 0.1) is 0 Å². The summed E-state index contributed by atoms with van der Waals surface area (Å²) in [5.74, 6) is -10.9. The van der Waals surface area contributed by atoms with Crippen LogP contribution in [0.2, 0.25) is 0 Å². The van der Waals surface area contributed by atoms with E-state index in [2.05, 4.69) is 0 Å². The highest BCUT2D eigenvalue weighted by molar-refractivity contribution is 8.23. The van der Waals surface area contributed by atoms with Crippen molar-refractivity contribution >= 4 is 10.8 Å². The lowest BCUT2D eigenvalue weighted by Gasteiger charge is -2.50. The molecular weight excluding hydrogens is 300 g/mol. The van der Waals surface area contributed by atoms with Crippen molar-refractivity contribution in [3.63, 3.8) is 0 Å². The van der Waals surface area contributed by atoms with E-state index in [1.165, 1.54) is 0 Å². The van der Waals surface area contributed by atoms with E-state index in [1.807, 2.05) is 0 Å². The zero-order valence-electron chi connectivity index (χ0n) is 10.1. The molecule has 0 spiro atoms. The monoisotopic (exact) mass is 315 g/mol. The van der Waals surface area contributed by atoms with Crippen LogP contribution in [0.3, 0.4) is 0 Å². The van der Waals surface area contributed by atoms with E-state index in [9.17, 15) is 35.4 Å². The first-order valence-electron chi connectivity index (χ1n) is 5.52. The second-order valence-electron chi connectivity index (χ2n) is 4.49. The van der Waals surface area contributed by atoms with Gasteiger partial charge in [-0.1, -0.05) is 17.2 Å². The quantitative estimate of drug-likeness (QED) is 0.770. The number of hydrogen-bond donors (Lipinski definition) is 2. The first-order chi connectivity index (χ1) is 8.36. The molecule has 19 heavy (non-hydrogen) atoms. The Morgan fingerprint density at radius 1 is 0.895 bits per heavy atom. The van der Waals surface area contributed by atoms with Crippen molar-refractivity contribution < 1.29 is 35.4 Å². The van der Waals surface area contributed by atoms with Gasteiger partial charge >= 0.3 is 17.1 Å². The molecule has 3 nitrogen and oxygen atoms in total. The largest absolute Gasteiger partial charge is 0.418 e. The number of piperidine rings is 1. The van der Waals surface area contributed by atoms with Crippen LogP contribution in [0.4, 0.5) is 26.3 Å². The Balaban J connectivity index is 3.09. The van der Waals surface area contributed by atoms with Gasteiger partial charge in [-0.25, -0.2) is 4.31 Å². The maximum absolute atomic E-state index is 13.5. The molecule has 0 aliphatic carbocycles. The molecule has 1 aliphatic rings. The lowest BCUT2D eigenvalue weighted by atomic mass is 10.2. The minimum Gasteiger partial charge on any atom is -0.280 e. The molecule has 0 atom stereocenters. The maximum Gasteiger partial charge on any atom is 0.418 e. The minimum atomic E-state index is -5.85. The summed E-state index contributed by atoms with van der Waals surface area (Å²) in [6, 6.07) is 0. The lowest BCUT2D eigenvalue weighted by molar-refractivity contribution is -0.274. The third-order valence-electron chi connectivity index (χ3n) is 2.94. The van der Waals surface area contributed by atoms with E-state index in [-0.39, 0.29) is 20.0 Å². The molecule has 1 fully saturated rings.